The molecule has 0 saturated carbocycles. The van der Waals surface area contributed by atoms with E-state index in [4.69, 9.17) is 11.6 Å². The number of aryl methyl sites for hydroxylation is 2. The Morgan fingerprint density at radius 1 is 1.27 bits per heavy atom. The summed E-state index contributed by atoms with van der Waals surface area (Å²) in [4.78, 5) is 12.5. The molecule has 0 aliphatic rings. The number of carbonyl (C=O) groups excluding carboxylic acids is 1. The van der Waals surface area contributed by atoms with Gasteiger partial charge in [0.15, 0.2) is 0 Å². The van der Waals surface area contributed by atoms with Crippen molar-refractivity contribution in [2.45, 2.75) is 6.92 Å². The molecular weight excluding hydrogens is 300 g/mol. The first-order valence-corrected chi connectivity index (χ1v) is 7.17. The Balaban J connectivity index is 1.91. The molecule has 0 bridgehead atoms. The molecule has 0 saturated heterocycles. The van der Waals surface area contributed by atoms with Crippen molar-refractivity contribution in [2.75, 3.05) is 5.32 Å². The van der Waals surface area contributed by atoms with Crippen LogP contribution in [0.3, 0.4) is 0 Å². The van der Waals surface area contributed by atoms with Gasteiger partial charge < -0.3 is 9.88 Å². The Kier molecular flexibility index (Phi) is 3.73. The molecule has 1 aromatic carbocycles. The Bertz CT molecular complexity index is 821. The molecular formula is C16H15ClN4O. The lowest BCUT2D eigenvalue weighted by Gasteiger charge is -2.09. The summed E-state index contributed by atoms with van der Waals surface area (Å²) < 4.78 is 3.51. The van der Waals surface area contributed by atoms with Gasteiger partial charge in [0.1, 0.15) is 11.4 Å². The average Bonchev–Trinajstić information content (AvgIpc) is 3.11. The van der Waals surface area contributed by atoms with Crippen LogP contribution in [0, 0.1) is 6.92 Å². The maximum absolute atomic E-state index is 12.5. The van der Waals surface area contributed by atoms with Gasteiger partial charge in [0.05, 0.1) is 6.20 Å². The van der Waals surface area contributed by atoms with E-state index in [1.54, 1.807) is 24.0 Å². The summed E-state index contributed by atoms with van der Waals surface area (Å²) in [7, 11) is 1.80. The third-order valence-corrected chi connectivity index (χ3v) is 3.84. The fraction of sp³-hybridized carbons (Fsp3) is 0.125. The largest absolute Gasteiger partial charge is 0.322 e. The second kappa shape index (κ2) is 5.69. The molecule has 3 aromatic rings. The number of hydrogen-bond acceptors (Lipinski definition) is 2. The van der Waals surface area contributed by atoms with Crippen LogP contribution in [0.2, 0.25) is 5.02 Å². The van der Waals surface area contributed by atoms with Crippen molar-refractivity contribution >= 4 is 23.2 Å². The van der Waals surface area contributed by atoms with Gasteiger partial charge in [0.2, 0.25) is 0 Å². The molecule has 0 spiro atoms. The minimum Gasteiger partial charge on any atom is -0.322 e. The molecule has 0 radical (unpaired) electrons. The van der Waals surface area contributed by atoms with Crippen LogP contribution in [0.5, 0.6) is 0 Å². The van der Waals surface area contributed by atoms with Gasteiger partial charge in [-0.3, -0.25) is 9.48 Å². The highest BCUT2D eigenvalue weighted by Gasteiger charge is 2.17. The van der Waals surface area contributed by atoms with Gasteiger partial charge in [-0.1, -0.05) is 17.7 Å². The first-order chi connectivity index (χ1) is 10.6. The fourth-order valence-electron chi connectivity index (χ4n) is 2.24. The van der Waals surface area contributed by atoms with Gasteiger partial charge >= 0.3 is 0 Å². The van der Waals surface area contributed by atoms with Gasteiger partial charge in [-0.25, -0.2) is 0 Å². The lowest BCUT2D eigenvalue weighted by Crippen LogP contribution is -2.15. The molecule has 3 rings (SSSR count). The van der Waals surface area contributed by atoms with Crippen LogP contribution in [0.4, 0.5) is 5.69 Å². The van der Waals surface area contributed by atoms with Gasteiger partial charge in [-0.2, -0.15) is 5.10 Å². The zero-order chi connectivity index (χ0) is 15.7. The van der Waals surface area contributed by atoms with Gasteiger partial charge in [-0.15, -0.1) is 0 Å². The monoisotopic (exact) mass is 314 g/mol. The quantitative estimate of drug-likeness (QED) is 0.805. The molecule has 0 fully saturated rings. The highest BCUT2D eigenvalue weighted by atomic mass is 35.5. The average molecular weight is 315 g/mol. The van der Waals surface area contributed by atoms with Crippen LogP contribution < -0.4 is 5.32 Å². The third-order valence-electron chi connectivity index (χ3n) is 3.43. The molecule has 0 aliphatic carbocycles. The molecule has 22 heavy (non-hydrogen) atoms. The highest BCUT2D eigenvalue weighted by Crippen LogP contribution is 2.21. The number of hydrogen-bond donors (Lipinski definition) is 1. The molecule has 2 heterocycles. The zero-order valence-electron chi connectivity index (χ0n) is 12.2. The summed E-state index contributed by atoms with van der Waals surface area (Å²) in [5.41, 5.74) is 2.12. The van der Waals surface area contributed by atoms with E-state index in [1.807, 2.05) is 48.1 Å². The Labute approximate surface area is 133 Å². The van der Waals surface area contributed by atoms with E-state index in [0.29, 0.717) is 22.1 Å². The van der Waals surface area contributed by atoms with Crippen molar-refractivity contribution in [3.05, 3.63) is 65.1 Å². The molecule has 0 atom stereocenters. The number of rotatable bonds is 3. The van der Waals surface area contributed by atoms with Crippen molar-refractivity contribution in [3.63, 3.8) is 0 Å². The van der Waals surface area contributed by atoms with Crippen molar-refractivity contribution in [2.24, 2.45) is 7.05 Å². The van der Waals surface area contributed by atoms with Gasteiger partial charge in [0.25, 0.3) is 5.91 Å². The van der Waals surface area contributed by atoms with Crippen molar-refractivity contribution in [1.82, 2.24) is 14.3 Å². The van der Waals surface area contributed by atoms with Gasteiger partial charge in [-0.05, 0) is 36.8 Å². The Hall–Kier alpha value is -2.53. The fourth-order valence-corrected chi connectivity index (χ4v) is 2.42. The van der Waals surface area contributed by atoms with Crippen LogP contribution in [-0.2, 0) is 7.05 Å². The van der Waals surface area contributed by atoms with Crippen LogP contribution in [0.1, 0.15) is 15.9 Å². The topological polar surface area (TPSA) is 51.9 Å². The predicted molar refractivity (Wildman–Crippen MR) is 86.7 cm³/mol. The number of benzene rings is 1. The minimum atomic E-state index is -0.225. The summed E-state index contributed by atoms with van der Waals surface area (Å²) in [6, 6.07) is 9.22. The maximum Gasteiger partial charge on any atom is 0.261 e. The van der Waals surface area contributed by atoms with E-state index < -0.39 is 0 Å². The summed E-state index contributed by atoms with van der Waals surface area (Å²) in [5, 5.41) is 7.65. The van der Waals surface area contributed by atoms with E-state index in [-0.39, 0.29) is 5.91 Å². The SMILES string of the molecule is Cc1ccc(NC(=O)c2cnn(C)c2-n2cccc2)cc1Cl. The van der Waals surface area contributed by atoms with E-state index in [9.17, 15) is 4.79 Å². The second-order valence-electron chi connectivity index (χ2n) is 5.01. The molecule has 5 nitrogen and oxygen atoms in total. The van der Waals surface area contributed by atoms with Crippen LogP contribution >= 0.6 is 11.6 Å². The maximum atomic E-state index is 12.5. The molecule has 1 amide bonds. The van der Waals surface area contributed by atoms with Crippen LogP contribution in [0.25, 0.3) is 5.82 Å². The highest BCUT2D eigenvalue weighted by molar-refractivity contribution is 6.31. The Morgan fingerprint density at radius 2 is 2.00 bits per heavy atom. The lowest BCUT2D eigenvalue weighted by atomic mass is 10.2. The summed E-state index contributed by atoms with van der Waals surface area (Å²) in [6.07, 6.45) is 5.30. The standard InChI is InChI=1S/C16H15ClN4O/c1-11-5-6-12(9-14(11)17)19-15(22)13-10-18-20(2)16(13)21-7-3-4-8-21/h3-10H,1-2H3,(H,19,22). The van der Waals surface area contributed by atoms with E-state index in [2.05, 4.69) is 10.4 Å². The number of amides is 1. The van der Waals surface area contributed by atoms with E-state index >= 15 is 0 Å². The van der Waals surface area contributed by atoms with Gasteiger partial charge in [0, 0.05) is 30.2 Å². The van der Waals surface area contributed by atoms with Crippen molar-refractivity contribution < 1.29 is 4.79 Å². The van der Waals surface area contributed by atoms with E-state index in [0.717, 1.165) is 5.56 Å². The van der Waals surface area contributed by atoms with E-state index in [1.165, 1.54) is 0 Å². The lowest BCUT2D eigenvalue weighted by molar-refractivity contribution is 0.102. The first-order valence-electron chi connectivity index (χ1n) is 6.79. The molecule has 2 aromatic heterocycles. The second-order valence-corrected chi connectivity index (χ2v) is 5.42. The molecule has 6 heteroatoms. The number of anilines is 1. The normalized spacial score (nSPS) is 10.7. The number of carbonyl (C=O) groups is 1. The summed E-state index contributed by atoms with van der Waals surface area (Å²) in [6.45, 7) is 1.92. The zero-order valence-corrected chi connectivity index (χ0v) is 13.0. The molecule has 0 aliphatic heterocycles. The number of halogens is 1. The summed E-state index contributed by atoms with van der Waals surface area (Å²) >= 11 is 6.09. The molecule has 1 N–H and O–H groups in total. The third kappa shape index (κ3) is 2.63. The predicted octanol–water partition coefficient (Wildman–Crippen LogP) is 3.42. The minimum absolute atomic E-state index is 0.225. The number of nitrogens with one attached hydrogen (secondary N) is 1. The number of nitrogens with zero attached hydrogens (tertiary/aromatic N) is 3. The first kappa shape index (κ1) is 14.4. The Morgan fingerprint density at radius 3 is 2.68 bits per heavy atom. The molecule has 0 unspecified atom stereocenters. The molecule has 112 valence electrons. The summed E-state index contributed by atoms with van der Waals surface area (Å²) in [5.74, 6) is 0.484. The van der Waals surface area contributed by atoms with Crippen LogP contribution in [-0.4, -0.2) is 20.3 Å². The number of aromatic nitrogens is 3. The smallest absolute Gasteiger partial charge is 0.261 e. The van der Waals surface area contributed by atoms with Crippen molar-refractivity contribution in [3.8, 4) is 5.82 Å². The van der Waals surface area contributed by atoms with Crippen LogP contribution in [0.15, 0.2) is 48.9 Å². The van der Waals surface area contributed by atoms with Crippen molar-refractivity contribution in [1.29, 1.82) is 0 Å².